The van der Waals surface area contributed by atoms with E-state index < -0.39 is 6.04 Å². The maximum atomic E-state index is 13.2. The first-order chi connectivity index (χ1) is 15.1. The van der Waals surface area contributed by atoms with Gasteiger partial charge in [-0.1, -0.05) is 65.8 Å². The molecule has 1 atom stereocenters. The topological polar surface area (TPSA) is 78.7 Å². The van der Waals surface area contributed by atoms with E-state index in [2.05, 4.69) is 15.4 Å². The lowest BCUT2D eigenvalue weighted by Gasteiger charge is -2.38. The summed E-state index contributed by atoms with van der Waals surface area (Å²) in [5.41, 5.74) is 1.92. The van der Waals surface area contributed by atoms with E-state index in [4.69, 9.17) is 4.52 Å². The van der Waals surface area contributed by atoms with Crippen molar-refractivity contribution in [2.24, 2.45) is 0 Å². The standard InChI is InChI=1S/C24H26N4O3/c1-18-16-21(26-31-18)25-24(30)23(20-10-6-3-7-11-20)28-14-12-27(13-15-28)22(29)17-19-8-4-2-5-9-19/h2-11,16,23H,12-15,17H2,1H3,(H,25,26,30). The van der Waals surface area contributed by atoms with Crippen molar-refractivity contribution in [1.29, 1.82) is 0 Å². The third-order valence-corrected chi connectivity index (χ3v) is 5.47. The highest BCUT2D eigenvalue weighted by molar-refractivity contribution is 5.94. The minimum atomic E-state index is -0.468. The number of piperazine rings is 1. The Morgan fingerprint density at radius 2 is 1.65 bits per heavy atom. The number of carbonyl (C=O) groups is 2. The lowest BCUT2D eigenvalue weighted by Crippen LogP contribution is -2.52. The summed E-state index contributed by atoms with van der Waals surface area (Å²) < 4.78 is 5.06. The fraction of sp³-hybridized carbons (Fsp3) is 0.292. The smallest absolute Gasteiger partial charge is 0.247 e. The highest BCUT2D eigenvalue weighted by atomic mass is 16.5. The monoisotopic (exact) mass is 418 g/mol. The van der Waals surface area contributed by atoms with E-state index in [1.54, 1.807) is 13.0 Å². The number of anilines is 1. The minimum Gasteiger partial charge on any atom is -0.360 e. The Morgan fingerprint density at radius 3 is 2.26 bits per heavy atom. The fourth-order valence-electron chi connectivity index (χ4n) is 3.90. The number of nitrogens with one attached hydrogen (secondary N) is 1. The molecule has 160 valence electrons. The summed E-state index contributed by atoms with van der Waals surface area (Å²) in [4.78, 5) is 29.9. The molecule has 1 aliphatic rings. The van der Waals surface area contributed by atoms with Gasteiger partial charge in [-0.2, -0.15) is 0 Å². The van der Waals surface area contributed by atoms with E-state index in [9.17, 15) is 9.59 Å². The second-order valence-electron chi connectivity index (χ2n) is 7.70. The Labute approximate surface area is 181 Å². The molecule has 3 aromatic rings. The Hall–Kier alpha value is -3.45. The van der Waals surface area contributed by atoms with E-state index >= 15 is 0 Å². The zero-order valence-electron chi connectivity index (χ0n) is 17.5. The number of aromatic nitrogens is 1. The molecule has 1 saturated heterocycles. The van der Waals surface area contributed by atoms with Gasteiger partial charge in [0.1, 0.15) is 11.8 Å². The number of nitrogens with zero attached hydrogens (tertiary/aromatic N) is 3. The average Bonchev–Trinajstić information content (AvgIpc) is 3.20. The summed E-state index contributed by atoms with van der Waals surface area (Å²) >= 11 is 0. The van der Waals surface area contributed by atoms with Crippen LogP contribution in [-0.4, -0.2) is 52.9 Å². The van der Waals surface area contributed by atoms with Gasteiger partial charge in [0.2, 0.25) is 11.8 Å². The Kier molecular flexibility index (Phi) is 6.43. The molecule has 0 saturated carbocycles. The van der Waals surface area contributed by atoms with Gasteiger partial charge in [-0.05, 0) is 18.1 Å². The van der Waals surface area contributed by atoms with Crippen LogP contribution in [0.15, 0.2) is 71.3 Å². The summed E-state index contributed by atoms with van der Waals surface area (Å²) in [7, 11) is 0. The second-order valence-corrected chi connectivity index (χ2v) is 7.70. The molecule has 0 aliphatic carbocycles. The number of aryl methyl sites for hydroxylation is 1. The molecular weight excluding hydrogens is 392 g/mol. The zero-order valence-corrected chi connectivity index (χ0v) is 17.5. The number of rotatable bonds is 6. The first kappa shape index (κ1) is 20.8. The first-order valence-corrected chi connectivity index (χ1v) is 10.4. The van der Waals surface area contributed by atoms with Gasteiger partial charge in [-0.15, -0.1) is 0 Å². The lowest BCUT2D eigenvalue weighted by molar-refractivity contribution is -0.133. The highest BCUT2D eigenvalue weighted by Crippen LogP contribution is 2.24. The molecule has 1 unspecified atom stereocenters. The van der Waals surface area contributed by atoms with Crippen LogP contribution in [0, 0.1) is 6.92 Å². The van der Waals surface area contributed by atoms with Crippen molar-refractivity contribution >= 4 is 17.6 Å². The number of benzene rings is 2. The van der Waals surface area contributed by atoms with Crippen LogP contribution in [0.2, 0.25) is 0 Å². The van der Waals surface area contributed by atoms with Crippen LogP contribution in [0.3, 0.4) is 0 Å². The molecule has 1 aromatic heterocycles. The van der Waals surface area contributed by atoms with Crippen molar-refractivity contribution in [3.8, 4) is 0 Å². The summed E-state index contributed by atoms with van der Waals surface area (Å²) in [5.74, 6) is 0.991. The predicted molar refractivity (Wildman–Crippen MR) is 117 cm³/mol. The fourth-order valence-corrected chi connectivity index (χ4v) is 3.90. The average molecular weight is 418 g/mol. The maximum Gasteiger partial charge on any atom is 0.247 e. The van der Waals surface area contributed by atoms with Gasteiger partial charge in [-0.25, -0.2) is 0 Å². The van der Waals surface area contributed by atoms with Gasteiger partial charge in [0, 0.05) is 32.2 Å². The molecule has 4 rings (SSSR count). The zero-order chi connectivity index (χ0) is 21.6. The Morgan fingerprint density at radius 1 is 1.00 bits per heavy atom. The largest absolute Gasteiger partial charge is 0.360 e. The molecule has 7 heteroatoms. The minimum absolute atomic E-state index is 0.115. The maximum absolute atomic E-state index is 13.2. The summed E-state index contributed by atoms with van der Waals surface area (Å²) in [6.45, 7) is 4.19. The van der Waals surface area contributed by atoms with Crippen LogP contribution in [0.5, 0.6) is 0 Å². The molecule has 2 amide bonds. The number of hydrogen-bond acceptors (Lipinski definition) is 5. The SMILES string of the molecule is Cc1cc(NC(=O)C(c2ccccc2)N2CCN(C(=O)Cc3ccccc3)CC2)no1. The first-order valence-electron chi connectivity index (χ1n) is 10.4. The highest BCUT2D eigenvalue weighted by Gasteiger charge is 2.32. The number of amides is 2. The molecule has 0 spiro atoms. The van der Waals surface area contributed by atoms with Gasteiger partial charge in [0.15, 0.2) is 5.82 Å². The van der Waals surface area contributed by atoms with E-state index in [1.165, 1.54) is 0 Å². The summed E-state index contributed by atoms with van der Waals surface area (Å²) in [6.07, 6.45) is 0.398. The molecule has 1 N–H and O–H groups in total. The number of carbonyl (C=O) groups excluding carboxylic acids is 2. The quantitative estimate of drug-likeness (QED) is 0.666. The molecule has 1 fully saturated rings. The second kappa shape index (κ2) is 9.57. The summed E-state index contributed by atoms with van der Waals surface area (Å²) in [6, 6.07) is 20.7. The molecule has 2 aromatic carbocycles. The molecule has 0 radical (unpaired) electrons. The van der Waals surface area contributed by atoms with Crippen LogP contribution >= 0.6 is 0 Å². The van der Waals surface area contributed by atoms with Crippen LogP contribution in [-0.2, 0) is 16.0 Å². The van der Waals surface area contributed by atoms with Crippen LogP contribution in [0.25, 0.3) is 0 Å². The third kappa shape index (κ3) is 5.19. The Balaban J connectivity index is 1.43. The van der Waals surface area contributed by atoms with Crippen LogP contribution < -0.4 is 5.32 Å². The third-order valence-electron chi connectivity index (χ3n) is 5.47. The van der Waals surface area contributed by atoms with Crippen LogP contribution in [0.4, 0.5) is 5.82 Å². The molecule has 0 bridgehead atoms. The lowest BCUT2D eigenvalue weighted by atomic mass is 10.0. The normalized spacial score (nSPS) is 15.5. The van der Waals surface area contributed by atoms with Crippen molar-refractivity contribution in [2.45, 2.75) is 19.4 Å². The van der Waals surface area contributed by atoms with Crippen molar-refractivity contribution in [1.82, 2.24) is 15.0 Å². The van der Waals surface area contributed by atoms with E-state index in [0.29, 0.717) is 44.2 Å². The van der Waals surface area contributed by atoms with E-state index in [-0.39, 0.29) is 11.8 Å². The van der Waals surface area contributed by atoms with E-state index in [1.807, 2.05) is 65.6 Å². The van der Waals surface area contributed by atoms with Crippen molar-refractivity contribution < 1.29 is 14.1 Å². The Bertz CT molecular complexity index is 1010. The molecule has 1 aliphatic heterocycles. The molecule has 7 nitrogen and oxygen atoms in total. The van der Waals surface area contributed by atoms with Gasteiger partial charge < -0.3 is 14.7 Å². The van der Waals surface area contributed by atoms with Crippen molar-refractivity contribution in [2.75, 3.05) is 31.5 Å². The molecular formula is C24H26N4O3. The number of hydrogen-bond donors (Lipinski definition) is 1. The van der Waals surface area contributed by atoms with Gasteiger partial charge in [0.05, 0.1) is 6.42 Å². The van der Waals surface area contributed by atoms with Gasteiger partial charge in [-0.3, -0.25) is 14.5 Å². The summed E-state index contributed by atoms with van der Waals surface area (Å²) in [5, 5.41) is 6.73. The van der Waals surface area contributed by atoms with Crippen molar-refractivity contribution in [3.05, 3.63) is 83.6 Å². The van der Waals surface area contributed by atoms with Gasteiger partial charge >= 0.3 is 0 Å². The molecule has 31 heavy (non-hydrogen) atoms. The van der Waals surface area contributed by atoms with Gasteiger partial charge in [0.25, 0.3) is 0 Å². The van der Waals surface area contributed by atoms with Crippen LogP contribution in [0.1, 0.15) is 22.9 Å². The van der Waals surface area contributed by atoms with Crippen molar-refractivity contribution in [3.63, 3.8) is 0 Å². The molecule has 2 heterocycles. The predicted octanol–water partition coefficient (Wildman–Crippen LogP) is 3.05. The van der Waals surface area contributed by atoms with E-state index in [0.717, 1.165) is 11.1 Å².